The summed E-state index contributed by atoms with van der Waals surface area (Å²) in [7, 11) is 0. The Hall–Kier alpha value is -0.800. The highest BCUT2D eigenvalue weighted by Crippen LogP contribution is 2.31. The van der Waals surface area contributed by atoms with Crippen LogP contribution in [-0.4, -0.2) is 4.83 Å². The number of hydrogen-bond acceptors (Lipinski definition) is 2. The van der Waals surface area contributed by atoms with Crippen LogP contribution in [0.25, 0.3) is 0 Å². The van der Waals surface area contributed by atoms with Crippen molar-refractivity contribution < 1.29 is 0 Å². The van der Waals surface area contributed by atoms with Crippen LogP contribution in [0, 0.1) is 34.5 Å². The summed E-state index contributed by atoms with van der Waals surface area (Å²) in [6.07, 6.45) is 5.89. The van der Waals surface area contributed by atoms with Crippen molar-refractivity contribution in [1.29, 1.82) is 10.5 Å². The Morgan fingerprint density at radius 1 is 1.25 bits per heavy atom. The van der Waals surface area contributed by atoms with Gasteiger partial charge < -0.3 is 0 Å². The van der Waals surface area contributed by atoms with Crippen LogP contribution in [0.2, 0.25) is 0 Å². The van der Waals surface area contributed by atoms with E-state index in [-0.39, 0.29) is 10.7 Å². The molecule has 0 aromatic heterocycles. The second-order valence-electron chi connectivity index (χ2n) is 2.86. The molecule has 0 spiro atoms. The van der Waals surface area contributed by atoms with E-state index < -0.39 is 5.92 Å². The molecule has 0 saturated heterocycles. The van der Waals surface area contributed by atoms with Gasteiger partial charge in [-0.1, -0.05) is 28.1 Å². The molecule has 2 atom stereocenters. The lowest BCUT2D eigenvalue weighted by molar-refractivity contribution is 0.447. The molecule has 2 unspecified atom stereocenters. The molecule has 3 heteroatoms. The van der Waals surface area contributed by atoms with Gasteiger partial charge >= 0.3 is 0 Å². The third-order valence-electron chi connectivity index (χ3n) is 2.11. The average molecular weight is 225 g/mol. The first kappa shape index (κ1) is 9.29. The first-order valence-electron chi connectivity index (χ1n) is 3.88. The Morgan fingerprint density at radius 3 is 2.33 bits per heavy atom. The number of halogens is 1. The first-order chi connectivity index (χ1) is 5.79. The Kier molecular flexibility index (Phi) is 3.31. The van der Waals surface area contributed by atoms with Crippen LogP contribution in [0.15, 0.2) is 12.2 Å². The molecule has 0 aromatic carbocycles. The lowest BCUT2D eigenvalue weighted by atomic mass is 9.84. The fourth-order valence-electron chi connectivity index (χ4n) is 1.37. The van der Waals surface area contributed by atoms with Gasteiger partial charge in [-0.05, 0) is 12.8 Å². The lowest BCUT2D eigenvalue weighted by Gasteiger charge is -2.23. The molecule has 62 valence electrons. The van der Waals surface area contributed by atoms with Crippen molar-refractivity contribution in [1.82, 2.24) is 0 Å². The molecule has 0 aromatic rings. The van der Waals surface area contributed by atoms with Crippen molar-refractivity contribution in [3.63, 3.8) is 0 Å². The molecule has 0 aliphatic heterocycles. The van der Waals surface area contributed by atoms with Gasteiger partial charge in [-0.15, -0.1) is 0 Å². The zero-order chi connectivity index (χ0) is 8.97. The number of hydrogen-bond donors (Lipinski definition) is 0. The molecule has 0 N–H and O–H groups in total. The number of alkyl halides is 1. The molecule has 1 rings (SSSR count). The quantitative estimate of drug-likeness (QED) is 0.508. The summed E-state index contributed by atoms with van der Waals surface area (Å²) in [5.74, 6) is -0.315. The molecule has 0 amide bonds. The molecule has 0 radical (unpaired) electrons. The zero-order valence-electron chi connectivity index (χ0n) is 6.57. The van der Waals surface area contributed by atoms with Gasteiger partial charge in [0.2, 0.25) is 0 Å². The minimum Gasteiger partial charge on any atom is -0.197 e. The third kappa shape index (κ3) is 1.87. The molecule has 0 heterocycles. The van der Waals surface area contributed by atoms with E-state index in [1.807, 2.05) is 18.2 Å². The molecule has 0 saturated carbocycles. The Bertz CT molecular complexity index is 245. The predicted molar refractivity (Wildman–Crippen MR) is 49.3 cm³/mol. The van der Waals surface area contributed by atoms with Gasteiger partial charge in [-0.3, -0.25) is 0 Å². The Morgan fingerprint density at radius 2 is 1.83 bits per heavy atom. The number of nitrogens with zero attached hydrogens (tertiary/aromatic N) is 2. The standard InChI is InChI=1S/C9H9BrN2/c10-9-4-2-1-3-8(9)7(5-11)6-12/h1-2,7-9H,3-4H2. The largest absolute Gasteiger partial charge is 0.197 e. The molecule has 0 bridgehead atoms. The van der Waals surface area contributed by atoms with Gasteiger partial charge in [0.25, 0.3) is 0 Å². The van der Waals surface area contributed by atoms with Gasteiger partial charge in [0, 0.05) is 10.7 Å². The highest BCUT2D eigenvalue weighted by molar-refractivity contribution is 9.09. The molecule has 2 nitrogen and oxygen atoms in total. The van der Waals surface area contributed by atoms with Crippen LogP contribution >= 0.6 is 15.9 Å². The van der Waals surface area contributed by atoms with Crippen LogP contribution in [0.1, 0.15) is 12.8 Å². The molecule has 1 aliphatic rings. The molecule has 12 heavy (non-hydrogen) atoms. The summed E-state index contributed by atoms with van der Waals surface area (Å²) in [4.78, 5) is 0.284. The minimum absolute atomic E-state index is 0.157. The molecular weight excluding hydrogens is 216 g/mol. The van der Waals surface area contributed by atoms with Crippen LogP contribution < -0.4 is 0 Å². The van der Waals surface area contributed by atoms with E-state index in [0.717, 1.165) is 12.8 Å². The Labute approximate surface area is 80.6 Å². The number of rotatable bonds is 1. The number of allylic oxidation sites excluding steroid dienone is 2. The summed E-state index contributed by atoms with van der Waals surface area (Å²) in [5, 5.41) is 17.4. The second kappa shape index (κ2) is 4.28. The van der Waals surface area contributed by atoms with Crippen molar-refractivity contribution in [2.75, 3.05) is 0 Å². The van der Waals surface area contributed by atoms with E-state index in [1.165, 1.54) is 0 Å². The molecule has 1 aliphatic carbocycles. The highest BCUT2D eigenvalue weighted by atomic mass is 79.9. The summed E-state index contributed by atoms with van der Waals surface area (Å²) >= 11 is 3.48. The van der Waals surface area contributed by atoms with Crippen LogP contribution in [0.4, 0.5) is 0 Å². The Balaban J connectivity index is 2.69. The van der Waals surface area contributed by atoms with Gasteiger partial charge in [-0.25, -0.2) is 0 Å². The highest BCUT2D eigenvalue weighted by Gasteiger charge is 2.28. The van der Waals surface area contributed by atoms with E-state index in [0.29, 0.717) is 0 Å². The van der Waals surface area contributed by atoms with Crippen LogP contribution in [0.3, 0.4) is 0 Å². The van der Waals surface area contributed by atoms with Crippen LogP contribution in [-0.2, 0) is 0 Å². The average Bonchev–Trinajstić information content (AvgIpc) is 2.10. The maximum atomic E-state index is 8.68. The predicted octanol–water partition coefficient (Wildman–Crippen LogP) is 2.38. The number of nitriles is 2. The van der Waals surface area contributed by atoms with E-state index in [2.05, 4.69) is 22.0 Å². The van der Waals surface area contributed by atoms with Crippen molar-refractivity contribution >= 4 is 15.9 Å². The van der Waals surface area contributed by atoms with E-state index >= 15 is 0 Å². The van der Waals surface area contributed by atoms with E-state index in [1.54, 1.807) is 0 Å². The third-order valence-corrected chi connectivity index (χ3v) is 3.16. The topological polar surface area (TPSA) is 47.6 Å². The van der Waals surface area contributed by atoms with Crippen molar-refractivity contribution in [3.05, 3.63) is 12.2 Å². The monoisotopic (exact) mass is 224 g/mol. The van der Waals surface area contributed by atoms with Gasteiger partial charge in [0.15, 0.2) is 0 Å². The summed E-state index contributed by atoms with van der Waals surface area (Å²) in [5.41, 5.74) is 0. The van der Waals surface area contributed by atoms with Crippen molar-refractivity contribution in [2.45, 2.75) is 17.7 Å². The minimum atomic E-state index is -0.473. The maximum absolute atomic E-state index is 8.68. The molecule has 0 fully saturated rings. The zero-order valence-corrected chi connectivity index (χ0v) is 8.16. The molecular formula is C9H9BrN2. The SMILES string of the molecule is N#CC(C#N)C1CC=CCC1Br. The van der Waals surface area contributed by atoms with Crippen molar-refractivity contribution in [3.8, 4) is 12.1 Å². The second-order valence-corrected chi connectivity index (χ2v) is 4.03. The van der Waals surface area contributed by atoms with E-state index in [4.69, 9.17) is 10.5 Å². The first-order valence-corrected chi connectivity index (χ1v) is 4.79. The summed E-state index contributed by atoms with van der Waals surface area (Å²) in [6.45, 7) is 0. The summed E-state index contributed by atoms with van der Waals surface area (Å²) in [6, 6.07) is 4.05. The van der Waals surface area contributed by atoms with Gasteiger partial charge in [0.05, 0.1) is 12.1 Å². The summed E-state index contributed by atoms with van der Waals surface area (Å²) < 4.78 is 0. The smallest absolute Gasteiger partial charge is 0.137 e. The van der Waals surface area contributed by atoms with Gasteiger partial charge in [-0.2, -0.15) is 10.5 Å². The fraction of sp³-hybridized carbons (Fsp3) is 0.556. The van der Waals surface area contributed by atoms with E-state index in [9.17, 15) is 0 Å². The lowest BCUT2D eigenvalue weighted by Crippen LogP contribution is -2.23. The van der Waals surface area contributed by atoms with Crippen molar-refractivity contribution in [2.24, 2.45) is 11.8 Å². The van der Waals surface area contributed by atoms with Crippen LogP contribution in [0.5, 0.6) is 0 Å². The maximum Gasteiger partial charge on any atom is 0.137 e. The fourth-order valence-corrected chi connectivity index (χ4v) is 2.10. The normalized spacial score (nSPS) is 28.0. The van der Waals surface area contributed by atoms with Gasteiger partial charge in [0.1, 0.15) is 5.92 Å².